The van der Waals surface area contributed by atoms with Crippen LogP contribution in [0.4, 0.5) is 5.69 Å². The van der Waals surface area contributed by atoms with E-state index in [0.29, 0.717) is 6.42 Å². The van der Waals surface area contributed by atoms with Crippen molar-refractivity contribution >= 4 is 22.5 Å². The Hall–Kier alpha value is -3.90. The molecule has 0 aliphatic heterocycles. The van der Waals surface area contributed by atoms with Crippen molar-refractivity contribution in [1.82, 2.24) is 15.1 Å². The minimum absolute atomic E-state index is 0.0548. The topological polar surface area (TPSA) is 68.2 Å². The Balaban J connectivity index is 1.11. The number of amides is 1. The number of carbonyl (C=O) groups excluding carboxylic acids is 1. The molecule has 6 nitrogen and oxygen atoms in total. The number of rotatable bonds is 11. The second-order valence-corrected chi connectivity index (χ2v) is 9.53. The van der Waals surface area contributed by atoms with Crippen LogP contribution in [0.2, 0.25) is 0 Å². The lowest BCUT2D eigenvalue weighted by atomic mass is 9.97. The minimum atomic E-state index is -0.0548. The zero-order valence-corrected chi connectivity index (χ0v) is 21.2. The van der Waals surface area contributed by atoms with Gasteiger partial charge in [0.2, 0.25) is 5.91 Å². The first-order valence-corrected chi connectivity index (χ1v) is 13.2. The fourth-order valence-corrected chi connectivity index (χ4v) is 4.71. The highest BCUT2D eigenvalue weighted by atomic mass is 16.5. The Morgan fingerprint density at radius 2 is 1.78 bits per heavy atom. The number of hydrogen-bond donors (Lipinski definition) is 2. The highest BCUT2D eigenvalue weighted by Gasteiger charge is 2.09. The first-order chi connectivity index (χ1) is 18.2. The van der Waals surface area contributed by atoms with Crippen molar-refractivity contribution in [1.29, 1.82) is 0 Å². The molecule has 0 spiro atoms. The smallest absolute Gasteiger partial charge is 0.228 e. The lowest BCUT2D eigenvalue weighted by molar-refractivity contribution is -0.115. The maximum atomic E-state index is 12.7. The summed E-state index contributed by atoms with van der Waals surface area (Å²) in [7, 11) is 0. The maximum Gasteiger partial charge on any atom is 0.228 e. The van der Waals surface area contributed by atoms with E-state index < -0.39 is 0 Å². The van der Waals surface area contributed by atoms with E-state index in [9.17, 15) is 4.79 Å². The number of allylic oxidation sites excluding steroid dienone is 1. The van der Waals surface area contributed by atoms with Crippen LogP contribution in [0.3, 0.4) is 0 Å². The molecule has 0 atom stereocenters. The molecule has 1 aliphatic rings. The van der Waals surface area contributed by atoms with E-state index in [0.717, 1.165) is 59.7 Å². The molecule has 0 saturated carbocycles. The van der Waals surface area contributed by atoms with E-state index in [1.54, 1.807) is 5.57 Å². The quantitative estimate of drug-likeness (QED) is 0.185. The summed E-state index contributed by atoms with van der Waals surface area (Å²) in [5.41, 5.74) is 4.33. The van der Waals surface area contributed by atoms with E-state index >= 15 is 0 Å². The number of anilines is 1. The van der Waals surface area contributed by atoms with Gasteiger partial charge in [0.1, 0.15) is 11.5 Å². The Morgan fingerprint density at radius 1 is 0.946 bits per heavy atom. The normalized spacial score (nSPS) is 13.4. The molecule has 2 N–H and O–H groups in total. The second kappa shape index (κ2) is 12.4. The lowest BCUT2D eigenvalue weighted by Gasteiger charge is -2.13. The number of aromatic nitrogens is 2. The van der Waals surface area contributed by atoms with E-state index in [1.807, 2.05) is 83.7 Å². The number of fused-ring (bicyclic) bond motifs is 1. The van der Waals surface area contributed by atoms with Crippen LogP contribution in [0.25, 0.3) is 10.9 Å². The van der Waals surface area contributed by atoms with E-state index in [2.05, 4.69) is 21.8 Å². The van der Waals surface area contributed by atoms with Crippen LogP contribution in [0.5, 0.6) is 11.5 Å². The predicted octanol–water partition coefficient (Wildman–Crippen LogP) is 6.49. The molecule has 6 heteroatoms. The number of carbonyl (C=O) groups is 1. The SMILES string of the molecule is O=C(Cc1ccc(Oc2ccccc2)cc1)Nc1ccc2cnn(CCNCCC3=CCCCC3)c2c1. The number of para-hydroxylation sites is 1. The summed E-state index contributed by atoms with van der Waals surface area (Å²) in [4.78, 5) is 12.7. The molecule has 4 aromatic rings. The van der Waals surface area contributed by atoms with Crippen LogP contribution >= 0.6 is 0 Å². The molecule has 3 aromatic carbocycles. The lowest BCUT2D eigenvalue weighted by Crippen LogP contribution is -2.22. The third-order valence-electron chi connectivity index (χ3n) is 6.70. The molecule has 1 amide bonds. The van der Waals surface area contributed by atoms with Gasteiger partial charge in [-0.15, -0.1) is 0 Å². The zero-order chi connectivity index (χ0) is 25.3. The molecular weight excluding hydrogens is 460 g/mol. The summed E-state index contributed by atoms with van der Waals surface area (Å²) in [5, 5.41) is 12.2. The first kappa shape index (κ1) is 24.8. The fourth-order valence-electron chi connectivity index (χ4n) is 4.71. The van der Waals surface area contributed by atoms with Crippen molar-refractivity contribution in [3.8, 4) is 11.5 Å². The molecule has 0 fully saturated rings. The Bertz CT molecular complexity index is 1340. The van der Waals surface area contributed by atoms with E-state index in [1.165, 1.54) is 25.7 Å². The van der Waals surface area contributed by atoms with Crippen LogP contribution < -0.4 is 15.4 Å². The number of nitrogens with one attached hydrogen (secondary N) is 2. The molecule has 1 aliphatic carbocycles. The summed E-state index contributed by atoms with van der Waals surface area (Å²) in [5.74, 6) is 1.48. The van der Waals surface area contributed by atoms with Gasteiger partial charge in [-0.05, 0) is 86.7 Å². The van der Waals surface area contributed by atoms with Crippen molar-refractivity contribution in [2.24, 2.45) is 0 Å². The van der Waals surface area contributed by atoms with Gasteiger partial charge in [0.15, 0.2) is 0 Å². The van der Waals surface area contributed by atoms with Gasteiger partial charge in [0.25, 0.3) is 0 Å². The van der Waals surface area contributed by atoms with Crippen molar-refractivity contribution in [2.75, 3.05) is 18.4 Å². The Morgan fingerprint density at radius 3 is 2.59 bits per heavy atom. The molecule has 0 radical (unpaired) electrons. The van der Waals surface area contributed by atoms with Crippen molar-refractivity contribution in [3.05, 3.63) is 96.2 Å². The summed E-state index contributed by atoms with van der Waals surface area (Å²) in [6.07, 6.45) is 10.9. The third kappa shape index (κ3) is 7.08. The number of ether oxygens (including phenoxy) is 1. The van der Waals surface area contributed by atoms with Crippen LogP contribution in [0.1, 0.15) is 37.7 Å². The van der Waals surface area contributed by atoms with Gasteiger partial charge in [-0.25, -0.2) is 0 Å². The molecule has 0 unspecified atom stereocenters. The Labute approximate surface area is 218 Å². The highest BCUT2D eigenvalue weighted by molar-refractivity contribution is 5.94. The molecule has 1 aromatic heterocycles. The van der Waals surface area contributed by atoms with E-state index in [4.69, 9.17) is 4.74 Å². The van der Waals surface area contributed by atoms with Gasteiger partial charge in [-0.2, -0.15) is 5.10 Å². The average Bonchev–Trinajstić information content (AvgIpc) is 3.33. The summed E-state index contributed by atoms with van der Waals surface area (Å²) < 4.78 is 7.84. The molecule has 0 saturated heterocycles. The van der Waals surface area contributed by atoms with Gasteiger partial charge in [0.05, 0.1) is 24.7 Å². The number of hydrogen-bond acceptors (Lipinski definition) is 4. The molecule has 37 heavy (non-hydrogen) atoms. The monoisotopic (exact) mass is 494 g/mol. The van der Waals surface area contributed by atoms with Crippen molar-refractivity contribution < 1.29 is 9.53 Å². The first-order valence-electron chi connectivity index (χ1n) is 13.2. The minimum Gasteiger partial charge on any atom is -0.457 e. The molecule has 1 heterocycles. The van der Waals surface area contributed by atoms with Crippen LogP contribution in [-0.4, -0.2) is 28.8 Å². The van der Waals surface area contributed by atoms with Crippen LogP contribution in [-0.2, 0) is 17.8 Å². The third-order valence-corrected chi connectivity index (χ3v) is 6.70. The van der Waals surface area contributed by atoms with Gasteiger partial charge >= 0.3 is 0 Å². The molecule has 5 rings (SSSR count). The Kier molecular flexibility index (Phi) is 8.28. The van der Waals surface area contributed by atoms with Gasteiger partial charge < -0.3 is 15.4 Å². The van der Waals surface area contributed by atoms with E-state index in [-0.39, 0.29) is 5.91 Å². The van der Waals surface area contributed by atoms with Gasteiger partial charge in [-0.1, -0.05) is 42.0 Å². The van der Waals surface area contributed by atoms with Crippen molar-refractivity contribution in [3.63, 3.8) is 0 Å². The molecule has 0 bridgehead atoms. The van der Waals surface area contributed by atoms with Gasteiger partial charge in [0, 0.05) is 17.6 Å². The zero-order valence-electron chi connectivity index (χ0n) is 21.2. The fraction of sp³-hybridized carbons (Fsp3) is 0.290. The molecular formula is C31H34N4O2. The second-order valence-electron chi connectivity index (χ2n) is 9.53. The number of nitrogens with zero attached hydrogens (tertiary/aromatic N) is 2. The van der Waals surface area contributed by atoms with Gasteiger partial charge in [-0.3, -0.25) is 9.48 Å². The summed E-state index contributed by atoms with van der Waals surface area (Å²) in [6, 6.07) is 23.2. The summed E-state index contributed by atoms with van der Waals surface area (Å²) >= 11 is 0. The average molecular weight is 495 g/mol. The van der Waals surface area contributed by atoms with Crippen LogP contribution in [0, 0.1) is 0 Å². The molecule has 190 valence electrons. The highest BCUT2D eigenvalue weighted by Crippen LogP contribution is 2.23. The van der Waals surface area contributed by atoms with Crippen LogP contribution in [0.15, 0.2) is 90.6 Å². The van der Waals surface area contributed by atoms with Crippen molar-refractivity contribution in [2.45, 2.75) is 45.1 Å². The predicted molar refractivity (Wildman–Crippen MR) is 149 cm³/mol. The summed E-state index contributed by atoms with van der Waals surface area (Å²) in [6.45, 7) is 2.66. The maximum absolute atomic E-state index is 12.7. The standard InChI is InChI=1S/C31H34N4O2/c36-31(21-25-11-15-29(16-12-25)37-28-9-5-2-6-10-28)34-27-14-13-26-23-33-35(30(26)22-27)20-19-32-18-17-24-7-3-1-4-8-24/h2,5-7,9-16,22-23,32H,1,3-4,8,17-21H2,(H,34,36). The largest absolute Gasteiger partial charge is 0.457 e. The number of benzene rings is 3.